The van der Waals surface area contributed by atoms with E-state index < -0.39 is 0 Å². The Kier molecular flexibility index (Phi) is 7.92. The van der Waals surface area contributed by atoms with Gasteiger partial charge in [0.05, 0.1) is 19.0 Å². The Morgan fingerprint density at radius 2 is 1.81 bits per heavy atom. The van der Waals surface area contributed by atoms with Crippen LogP contribution < -0.4 is 15.4 Å². The SMILES string of the molecule is C=CC(=O)Cc1cc(CCc2cnn(C)c2)ccc1Nc1nc(Nc2cc(OC)ncc2C)ncc1C. The highest BCUT2D eigenvalue weighted by Gasteiger charge is 2.12. The fourth-order valence-electron chi connectivity index (χ4n) is 3.85. The number of carbonyl (C=O) groups is 1. The van der Waals surface area contributed by atoms with Crippen LogP contribution in [0.5, 0.6) is 5.88 Å². The number of ether oxygens (including phenoxy) is 1. The maximum absolute atomic E-state index is 12.3. The van der Waals surface area contributed by atoms with Crippen LogP contribution in [-0.4, -0.2) is 37.6 Å². The van der Waals surface area contributed by atoms with Gasteiger partial charge in [0.25, 0.3) is 0 Å². The number of pyridine rings is 1. The number of nitrogens with zero attached hydrogens (tertiary/aromatic N) is 5. The van der Waals surface area contributed by atoms with Gasteiger partial charge >= 0.3 is 0 Å². The second-order valence-corrected chi connectivity index (χ2v) is 8.88. The van der Waals surface area contributed by atoms with Crippen LogP contribution in [0.3, 0.4) is 0 Å². The average Bonchev–Trinajstić information content (AvgIpc) is 3.32. The first-order valence-electron chi connectivity index (χ1n) is 12.0. The second kappa shape index (κ2) is 11.5. The average molecular weight is 498 g/mol. The van der Waals surface area contributed by atoms with Crippen LogP contribution in [0.15, 0.2) is 61.7 Å². The van der Waals surface area contributed by atoms with E-state index in [1.807, 2.05) is 39.4 Å². The number of nitrogens with one attached hydrogen (secondary N) is 2. The fraction of sp³-hybridized carbons (Fsp3) is 0.250. The van der Waals surface area contributed by atoms with Gasteiger partial charge in [-0.1, -0.05) is 18.7 Å². The van der Waals surface area contributed by atoms with Gasteiger partial charge in [0, 0.05) is 49.4 Å². The van der Waals surface area contributed by atoms with Crippen molar-refractivity contribution in [3.05, 3.63) is 89.5 Å². The Morgan fingerprint density at radius 3 is 2.54 bits per heavy atom. The lowest BCUT2D eigenvalue weighted by atomic mass is 9.99. The minimum Gasteiger partial charge on any atom is -0.481 e. The molecule has 0 unspecified atom stereocenters. The fourth-order valence-corrected chi connectivity index (χ4v) is 3.85. The maximum Gasteiger partial charge on any atom is 0.229 e. The standard InChI is InChI=1S/C28H31N7O2/c1-6-23(36)12-22-11-20(7-8-21-16-31-35(4)17-21)9-10-24(22)32-27-19(3)15-30-28(34-27)33-25-13-26(37-5)29-14-18(25)2/h6,9-11,13-17H,1,7-8,12H2,2-5H3,(H2,29,30,32,33,34). The lowest BCUT2D eigenvalue weighted by molar-refractivity contribution is -0.114. The molecule has 0 spiro atoms. The molecule has 4 rings (SSSR count). The summed E-state index contributed by atoms with van der Waals surface area (Å²) in [6.45, 7) is 7.51. The Bertz CT molecular complexity index is 1430. The third-order valence-electron chi connectivity index (χ3n) is 5.98. The van der Waals surface area contributed by atoms with Crippen LogP contribution in [0.4, 0.5) is 23.1 Å². The smallest absolute Gasteiger partial charge is 0.229 e. The van der Waals surface area contributed by atoms with Crippen LogP contribution in [0.1, 0.15) is 27.8 Å². The number of hydrogen-bond donors (Lipinski definition) is 2. The van der Waals surface area contributed by atoms with Gasteiger partial charge in [-0.25, -0.2) is 9.97 Å². The van der Waals surface area contributed by atoms with Gasteiger partial charge in [0.15, 0.2) is 5.78 Å². The molecule has 0 fully saturated rings. The van der Waals surface area contributed by atoms with Crippen molar-refractivity contribution in [2.24, 2.45) is 7.05 Å². The van der Waals surface area contributed by atoms with Crippen molar-refractivity contribution in [3.63, 3.8) is 0 Å². The van der Waals surface area contributed by atoms with Crippen molar-refractivity contribution in [1.82, 2.24) is 24.7 Å². The summed E-state index contributed by atoms with van der Waals surface area (Å²) in [6.07, 6.45) is 10.7. The van der Waals surface area contributed by atoms with E-state index in [4.69, 9.17) is 9.72 Å². The quantitative estimate of drug-likeness (QED) is 0.285. The third-order valence-corrected chi connectivity index (χ3v) is 5.98. The summed E-state index contributed by atoms with van der Waals surface area (Å²) in [4.78, 5) is 25.6. The molecular formula is C28H31N7O2. The molecule has 0 aliphatic heterocycles. The van der Waals surface area contributed by atoms with E-state index in [0.717, 1.165) is 46.5 Å². The number of allylic oxidation sites excluding steroid dienone is 1. The molecule has 3 heterocycles. The lowest BCUT2D eigenvalue weighted by Gasteiger charge is -2.16. The number of aryl methyl sites for hydroxylation is 5. The van der Waals surface area contributed by atoms with E-state index in [1.165, 1.54) is 11.6 Å². The number of benzene rings is 1. The number of ketones is 1. The molecule has 37 heavy (non-hydrogen) atoms. The molecule has 0 saturated carbocycles. The minimum absolute atomic E-state index is 0.0451. The normalized spacial score (nSPS) is 10.7. The highest BCUT2D eigenvalue weighted by atomic mass is 16.5. The Labute approximate surface area is 216 Å². The topological polar surface area (TPSA) is 107 Å². The van der Waals surface area contributed by atoms with Crippen molar-refractivity contribution in [2.45, 2.75) is 33.1 Å². The maximum atomic E-state index is 12.3. The number of aromatic nitrogens is 5. The van der Waals surface area contributed by atoms with Crippen LogP contribution in [-0.2, 0) is 31.1 Å². The highest BCUT2D eigenvalue weighted by molar-refractivity contribution is 5.92. The summed E-state index contributed by atoms with van der Waals surface area (Å²) in [5, 5.41) is 10.9. The van der Waals surface area contributed by atoms with Gasteiger partial charge in [-0.2, -0.15) is 10.1 Å². The number of methoxy groups -OCH3 is 1. The second-order valence-electron chi connectivity index (χ2n) is 8.88. The monoisotopic (exact) mass is 497 g/mol. The van der Waals surface area contributed by atoms with Crippen LogP contribution in [0.2, 0.25) is 0 Å². The van der Waals surface area contributed by atoms with E-state index in [-0.39, 0.29) is 12.2 Å². The van der Waals surface area contributed by atoms with Crippen LogP contribution in [0.25, 0.3) is 0 Å². The Balaban J connectivity index is 1.58. The zero-order chi connectivity index (χ0) is 26.4. The van der Waals surface area contributed by atoms with Crippen LogP contribution >= 0.6 is 0 Å². The molecule has 9 heteroatoms. The first kappa shape index (κ1) is 25.6. The van der Waals surface area contributed by atoms with Crippen molar-refractivity contribution in [3.8, 4) is 5.88 Å². The summed E-state index contributed by atoms with van der Waals surface area (Å²) in [5.74, 6) is 1.53. The van der Waals surface area contributed by atoms with Crippen molar-refractivity contribution >= 4 is 28.9 Å². The van der Waals surface area contributed by atoms with Crippen LogP contribution in [0, 0.1) is 13.8 Å². The molecule has 0 aliphatic carbocycles. The molecule has 2 N–H and O–H groups in total. The zero-order valence-electron chi connectivity index (χ0n) is 21.6. The largest absolute Gasteiger partial charge is 0.481 e. The molecule has 0 saturated heterocycles. The highest BCUT2D eigenvalue weighted by Crippen LogP contribution is 2.27. The van der Waals surface area contributed by atoms with E-state index in [9.17, 15) is 4.79 Å². The number of anilines is 4. The molecule has 3 aromatic heterocycles. The summed E-state index contributed by atoms with van der Waals surface area (Å²) < 4.78 is 7.04. The van der Waals surface area contributed by atoms with Gasteiger partial charge in [-0.05, 0) is 61.1 Å². The number of hydrogen-bond acceptors (Lipinski definition) is 8. The summed E-state index contributed by atoms with van der Waals surface area (Å²) in [6, 6.07) is 7.94. The molecule has 190 valence electrons. The minimum atomic E-state index is -0.0451. The van der Waals surface area contributed by atoms with Crippen molar-refractivity contribution in [1.29, 1.82) is 0 Å². The Hall–Kier alpha value is -4.53. The lowest BCUT2D eigenvalue weighted by Crippen LogP contribution is -2.07. The van der Waals surface area contributed by atoms with Gasteiger partial charge in [-0.15, -0.1) is 0 Å². The molecule has 0 aliphatic rings. The predicted molar refractivity (Wildman–Crippen MR) is 145 cm³/mol. The number of rotatable bonds is 11. The molecule has 0 radical (unpaired) electrons. The summed E-state index contributed by atoms with van der Waals surface area (Å²) in [7, 11) is 3.48. The third kappa shape index (κ3) is 6.58. The van der Waals surface area contributed by atoms with E-state index >= 15 is 0 Å². The summed E-state index contributed by atoms with van der Waals surface area (Å²) in [5.41, 5.74) is 6.63. The van der Waals surface area contributed by atoms with Gasteiger partial charge in [-0.3, -0.25) is 9.48 Å². The zero-order valence-corrected chi connectivity index (χ0v) is 21.6. The molecule has 0 atom stereocenters. The van der Waals surface area contributed by atoms with E-state index in [1.54, 1.807) is 30.3 Å². The van der Waals surface area contributed by atoms with Gasteiger partial charge < -0.3 is 15.4 Å². The summed E-state index contributed by atoms with van der Waals surface area (Å²) >= 11 is 0. The van der Waals surface area contributed by atoms with Gasteiger partial charge in [0.2, 0.25) is 11.8 Å². The Morgan fingerprint density at radius 1 is 1.03 bits per heavy atom. The molecule has 4 aromatic rings. The first-order chi connectivity index (χ1) is 17.8. The van der Waals surface area contributed by atoms with Crippen molar-refractivity contribution in [2.75, 3.05) is 17.7 Å². The molecule has 0 amide bonds. The van der Waals surface area contributed by atoms with Gasteiger partial charge in [0.1, 0.15) is 5.82 Å². The first-order valence-corrected chi connectivity index (χ1v) is 12.0. The molecule has 1 aromatic carbocycles. The predicted octanol–water partition coefficient (Wildman–Crippen LogP) is 4.80. The van der Waals surface area contributed by atoms with Crippen molar-refractivity contribution < 1.29 is 9.53 Å². The molecule has 9 nitrogen and oxygen atoms in total. The number of carbonyl (C=O) groups excluding carboxylic acids is 1. The molecular weight excluding hydrogens is 466 g/mol. The molecule has 0 bridgehead atoms. The van der Waals surface area contributed by atoms with E-state index in [0.29, 0.717) is 17.6 Å². The van der Waals surface area contributed by atoms with E-state index in [2.05, 4.69) is 44.4 Å².